The summed E-state index contributed by atoms with van der Waals surface area (Å²) >= 11 is 8.38. The van der Waals surface area contributed by atoms with Gasteiger partial charge in [-0.15, -0.1) is 0 Å². The average Bonchev–Trinajstić information content (AvgIpc) is 2.87. The highest BCUT2D eigenvalue weighted by molar-refractivity contribution is 14.1. The van der Waals surface area contributed by atoms with E-state index in [0.29, 0.717) is 0 Å². The number of furan rings is 1. The van der Waals surface area contributed by atoms with Gasteiger partial charge in [0.25, 0.3) is 0 Å². The van der Waals surface area contributed by atoms with E-state index in [4.69, 9.17) is 16.0 Å². The summed E-state index contributed by atoms with van der Waals surface area (Å²) in [5.74, 6) is 0.913. The van der Waals surface area contributed by atoms with Crippen molar-refractivity contribution in [1.82, 2.24) is 5.32 Å². The van der Waals surface area contributed by atoms with Crippen molar-refractivity contribution in [3.63, 3.8) is 0 Å². The van der Waals surface area contributed by atoms with Crippen LogP contribution in [-0.2, 0) is 0 Å². The molecule has 2 aromatic carbocycles. The van der Waals surface area contributed by atoms with Gasteiger partial charge in [-0.05, 0) is 71.1 Å². The normalized spacial score (nSPS) is 12.7. The molecule has 0 fully saturated rings. The van der Waals surface area contributed by atoms with Crippen LogP contribution in [0.25, 0.3) is 11.0 Å². The molecule has 0 spiro atoms. The zero-order chi connectivity index (χ0) is 14.8. The smallest absolute Gasteiger partial charge is 0.134 e. The monoisotopic (exact) mass is 411 g/mol. The van der Waals surface area contributed by atoms with Crippen molar-refractivity contribution in [2.45, 2.75) is 13.0 Å². The molecule has 1 unspecified atom stereocenters. The SMILES string of the molecule is CCNC(c1cccc(I)c1)c1cc2cc(Cl)ccc2o1. The predicted octanol–water partition coefficient (Wildman–Crippen LogP) is 5.39. The van der Waals surface area contributed by atoms with Crippen molar-refractivity contribution in [3.8, 4) is 0 Å². The fourth-order valence-electron chi connectivity index (χ4n) is 2.45. The fourth-order valence-corrected chi connectivity index (χ4v) is 3.20. The minimum absolute atomic E-state index is 0.0518. The Kier molecular flexibility index (Phi) is 4.52. The van der Waals surface area contributed by atoms with E-state index in [9.17, 15) is 0 Å². The second-order valence-electron chi connectivity index (χ2n) is 4.88. The molecule has 0 saturated heterocycles. The van der Waals surface area contributed by atoms with Crippen molar-refractivity contribution >= 4 is 45.2 Å². The van der Waals surface area contributed by atoms with Crippen LogP contribution in [0.15, 0.2) is 52.9 Å². The van der Waals surface area contributed by atoms with Crippen LogP contribution < -0.4 is 5.32 Å². The van der Waals surface area contributed by atoms with E-state index in [1.807, 2.05) is 18.2 Å². The van der Waals surface area contributed by atoms with E-state index in [1.165, 1.54) is 9.13 Å². The third-order valence-corrected chi connectivity index (χ3v) is 4.28. The Balaban J connectivity index is 2.06. The van der Waals surface area contributed by atoms with Crippen LogP contribution in [0.1, 0.15) is 24.3 Å². The maximum atomic E-state index is 6.05. The fraction of sp³-hybridized carbons (Fsp3) is 0.176. The molecule has 4 heteroatoms. The van der Waals surface area contributed by atoms with Gasteiger partial charge in [-0.3, -0.25) is 0 Å². The molecular formula is C17H15ClINO. The lowest BCUT2D eigenvalue weighted by Gasteiger charge is -2.16. The molecule has 3 aromatic rings. The number of hydrogen-bond acceptors (Lipinski definition) is 2. The van der Waals surface area contributed by atoms with Crippen LogP contribution >= 0.6 is 34.2 Å². The molecular weight excluding hydrogens is 397 g/mol. The maximum Gasteiger partial charge on any atom is 0.134 e. The van der Waals surface area contributed by atoms with Crippen LogP contribution in [0.5, 0.6) is 0 Å². The first-order valence-electron chi connectivity index (χ1n) is 6.85. The molecule has 1 N–H and O–H groups in total. The highest BCUT2D eigenvalue weighted by Gasteiger charge is 2.18. The Hall–Kier alpha value is -1.04. The van der Waals surface area contributed by atoms with Crippen molar-refractivity contribution in [2.75, 3.05) is 6.54 Å². The summed E-state index contributed by atoms with van der Waals surface area (Å²) in [5, 5.41) is 5.25. The lowest BCUT2D eigenvalue weighted by molar-refractivity contribution is 0.477. The molecule has 1 heterocycles. The van der Waals surface area contributed by atoms with Crippen molar-refractivity contribution < 1.29 is 4.42 Å². The Morgan fingerprint density at radius 2 is 2.05 bits per heavy atom. The molecule has 108 valence electrons. The van der Waals surface area contributed by atoms with Gasteiger partial charge in [-0.2, -0.15) is 0 Å². The number of halogens is 2. The minimum Gasteiger partial charge on any atom is -0.459 e. The second-order valence-corrected chi connectivity index (χ2v) is 6.56. The molecule has 0 aliphatic carbocycles. The lowest BCUT2D eigenvalue weighted by Crippen LogP contribution is -2.21. The van der Waals surface area contributed by atoms with E-state index in [1.54, 1.807) is 0 Å². The Morgan fingerprint density at radius 1 is 1.19 bits per heavy atom. The van der Waals surface area contributed by atoms with Crippen molar-refractivity contribution in [1.29, 1.82) is 0 Å². The van der Waals surface area contributed by atoms with E-state index >= 15 is 0 Å². The third kappa shape index (κ3) is 3.25. The molecule has 1 atom stereocenters. The number of nitrogens with one attached hydrogen (secondary N) is 1. The van der Waals surface area contributed by atoms with Gasteiger partial charge in [-0.25, -0.2) is 0 Å². The third-order valence-electron chi connectivity index (χ3n) is 3.37. The summed E-state index contributed by atoms with van der Waals surface area (Å²) < 4.78 is 7.22. The highest BCUT2D eigenvalue weighted by Crippen LogP contribution is 2.30. The molecule has 0 amide bonds. The minimum atomic E-state index is 0.0518. The van der Waals surface area contributed by atoms with Gasteiger partial charge < -0.3 is 9.73 Å². The van der Waals surface area contributed by atoms with Crippen LogP contribution in [0.4, 0.5) is 0 Å². The van der Waals surface area contributed by atoms with Gasteiger partial charge in [0.15, 0.2) is 0 Å². The van der Waals surface area contributed by atoms with Gasteiger partial charge in [0.2, 0.25) is 0 Å². The molecule has 0 aliphatic heterocycles. The molecule has 2 nitrogen and oxygen atoms in total. The first-order valence-corrected chi connectivity index (χ1v) is 8.31. The van der Waals surface area contributed by atoms with Crippen LogP contribution in [-0.4, -0.2) is 6.54 Å². The molecule has 21 heavy (non-hydrogen) atoms. The summed E-state index contributed by atoms with van der Waals surface area (Å²) in [6, 6.07) is 16.3. The Labute approximate surface area is 142 Å². The highest BCUT2D eigenvalue weighted by atomic mass is 127. The predicted molar refractivity (Wildman–Crippen MR) is 95.9 cm³/mol. The summed E-state index contributed by atoms with van der Waals surface area (Å²) in [6.45, 7) is 2.97. The number of benzene rings is 2. The quantitative estimate of drug-likeness (QED) is 0.582. The summed E-state index contributed by atoms with van der Waals surface area (Å²) in [5.41, 5.74) is 2.07. The molecule has 3 rings (SSSR count). The van der Waals surface area contributed by atoms with Crippen molar-refractivity contribution in [2.24, 2.45) is 0 Å². The molecule has 0 radical (unpaired) electrons. The van der Waals surface area contributed by atoms with Gasteiger partial charge in [0, 0.05) is 14.0 Å². The van der Waals surface area contributed by atoms with Gasteiger partial charge in [0.1, 0.15) is 11.3 Å². The van der Waals surface area contributed by atoms with E-state index < -0.39 is 0 Å². The van der Waals surface area contributed by atoms with E-state index in [0.717, 1.165) is 28.3 Å². The molecule has 1 aromatic heterocycles. The number of hydrogen-bond donors (Lipinski definition) is 1. The maximum absolute atomic E-state index is 6.05. The number of fused-ring (bicyclic) bond motifs is 1. The summed E-state index contributed by atoms with van der Waals surface area (Å²) in [6.07, 6.45) is 0. The zero-order valence-corrected chi connectivity index (χ0v) is 14.5. The Morgan fingerprint density at radius 3 is 2.81 bits per heavy atom. The molecule has 0 aliphatic rings. The first kappa shape index (κ1) is 14.9. The lowest BCUT2D eigenvalue weighted by atomic mass is 10.0. The number of rotatable bonds is 4. The van der Waals surface area contributed by atoms with Crippen LogP contribution in [0.3, 0.4) is 0 Å². The summed E-state index contributed by atoms with van der Waals surface area (Å²) in [4.78, 5) is 0. The largest absolute Gasteiger partial charge is 0.459 e. The van der Waals surface area contributed by atoms with Crippen LogP contribution in [0.2, 0.25) is 5.02 Å². The average molecular weight is 412 g/mol. The zero-order valence-electron chi connectivity index (χ0n) is 11.6. The van der Waals surface area contributed by atoms with Gasteiger partial charge >= 0.3 is 0 Å². The van der Waals surface area contributed by atoms with Crippen molar-refractivity contribution in [3.05, 3.63) is 68.4 Å². The van der Waals surface area contributed by atoms with E-state index in [2.05, 4.69) is 65.2 Å². The second kappa shape index (κ2) is 6.38. The molecule has 0 saturated carbocycles. The standard InChI is InChI=1S/C17H15ClINO/c1-2-20-17(11-4-3-5-14(19)9-11)16-10-12-8-13(18)6-7-15(12)21-16/h3-10,17,20H,2H2,1H3. The van der Waals surface area contributed by atoms with E-state index in [-0.39, 0.29) is 6.04 Å². The van der Waals surface area contributed by atoms with Gasteiger partial charge in [0.05, 0.1) is 6.04 Å². The molecule has 0 bridgehead atoms. The van der Waals surface area contributed by atoms with Crippen LogP contribution in [0, 0.1) is 3.57 Å². The first-order chi connectivity index (χ1) is 10.2. The summed E-state index contributed by atoms with van der Waals surface area (Å²) in [7, 11) is 0. The Bertz CT molecular complexity index is 768. The topological polar surface area (TPSA) is 25.2 Å². The van der Waals surface area contributed by atoms with Gasteiger partial charge in [-0.1, -0.05) is 30.7 Å².